The Labute approximate surface area is 209 Å². The van der Waals surface area contributed by atoms with E-state index in [2.05, 4.69) is 32.8 Å². The van der Waals surface area contributed by atoms with E-state index in [1.807, 2.05) is 4.90 Å². The lowest BCUT2D eigenvalue weighted by atomic mass is 9.99. The molecule has 6 rings (SSSR count). The highest BCUT2D eigenvalue weighted by Crippen LogP contribution is 2.41. The highest BCUT2D eigenvalue weighted by Gasteiger charge is 2.46. The van der Waals surface area contributed by atoms with Crippen LogP contribution in [0.15, 0.2) is 12.4 Å². The van der Waals surface area contributed by atoms with Gasteiger partial charge in [0.05, 0.1) is 36.4 Å². The lowest BCUT2D eigenvalue weighted by molar-refractivity contribution is 0.113. The van der Waals surface area contributed by atoms with Gasteiger partial charge in [-0.15, -0.1) is 0 Å². The molecule has 0 aliphatic carbocycles. The molecule has 188 valence electrons. The van der Waals surface area contributed by atoms with E-state index < -0.39 is 0 Å². The Morgan fingerprint density at radius 2 is 1.89 bits per heavy atom. The minimum Gasteiger partial charge on any atom is -0.378 e. The zero-order valence-corrected chi connectivity index (χ0v) is 20.4. The van der Waals surface area contributed by atoms with Crippen LogP contribution >= 0.6 is 0 Å². The maximum atomic E-state index is 13.0. The maximum absolute atomic E-state index is 13.0. The molecule has 0 aromatic carbocycles. The van der Waals surface area contributed by atoms with Gasteiger partial charge >= 0.3 is 6.03 Å². The Kier molecular flexibility index (Phi) is 5.52. The maximum Gasteiger partial charge on any atom is 0.320 e. The molecule has 0 unspecified atom stereocenters. The molecule has 12 heteroatoms. The number of nitrogens with two attached hydrogens (primary N) is 1. The molecule has 36 heavy (non-hydrogen) atoms. The van der Waals surface area contributed by atoms with E-state index >= 15 is 0 Å². The third-order valence-electron chi connectivity index (χ3n) is 7.76. The first-order valence-corrected chi connectivity index (χ1v) is 12.5. The van der Waals surface area contributed by atoms with Gasteiger partial charge in [-0.1, -0.05) is 0 Å². The van der Waals surface area contributed by atoms with Crippen molar-refractivity contribution in [2.45, 2.75) is 25.3 Å². The number of anilines is 3. The van der Waals surface area contributed by atoms with Gasteiger partial charge in [0.25, 0.3) is 0 Å². The number of nitrogens with zero attached hydrogens (tertiary/aromatic N) is 9. The molecule has 0 saturated carbocycles. The van der Waals surface area contributed by atoms with Gasteiger partial charge in [-0.25, -0.2) is 19.7 Å². The van der Waals surface area contributed by atoms with Crippen molar-refractivity contribution in [3.63, 3.8) is 0 Å². The summed E-state index contributed by atoms with van der Waals surface area (Å²) >= 11 is 0. The van der Waals surface area contributed by atoms with Crippen LogP contribution in [0.3, 0.4) is 0 Å². The number of carbonyl (C=O) groups is 1. The average Bonchev–Trinajstić information content (AvgIpc) is 3.49. The van der Waals surface area contributed by atoms with Gasteiger partial charge in [-0.2, -0.15) is 10.2 Å². The smallest absolute Gasteiger partial charge is 0.320 e. The third kappa shape index (κ3) is 3.83. The van der Waals surface area contributed by atoms with E-state index in [9.17, 15) is 4.79 Å². The predicted octanol–water partition coefficient (Wildman–Crippen LogP) is 0.755. The van der Waals surface area contributed by atoms with Gasteiger partial charge in [0.2, 0.25) is 11.9 Å². The number of nitriles is 1. The Balaban J connectivity index is 1.31. The summed E-state index contributed by atoms with van der Waals surface area (Å²) in [5.41, 5.74) is 8.22. The van der Waals surface area contributed by atoms with Crippen molar-refractivity contribution in [3.8, 4) is 17.3 Å². The standard InChI is InChI=1S/C24H30N10O2/c1-24(3-5-32(15-24)23(35)33-13-16(10-25)14-33)34-4-2-18-19(17-11-27-21(26)28-12-17)29-22(30-20(18)34)31-6-8-36-9-7-31/h11-12,16H,2-9,13-15H2,1H3,(H2,26,27,28)/t24-/m1/s1. The minimum atomic E-state index is -0.244. The van der Waals surface area contributed by atoms with Crippen LogP contribution < -0.4 is 15.5 Å². The van der Waals surface area contributed by atoms with Gasteiger partial charge in [-0.05, 0) is 19.8 Å². The summed E-state index contributed by atoms with van der Waals surface area (Å²) in [4.78, 5) is 39.7. The molecular weight excluding hydrogens is 460 g/mol. The molecule has 6 heterocycles. The van der Waals surface area contributed by atoms with E-state index in [1.165, 1.54) is 0 Å². The number of aromatic nitrogens is 4. The van der Waals surface area contributed by atoms with E-state index in [-0.39, 0.29) is 23.4 Å². The molecule has 12 nitrogen and oxygen atoms in total. The van der Waals surface area contributed by atoms with Gasteiger partial charge in [0.15, 0.2) is 0 Å². The van der Waals surface area contributed by atoms with E-state index in [1.54, 1.807) is 17.3 Å². The van der Waals surface area contributed by atoms with Crippen molar-refractivity contribution >= 4 is 23.7 Å². The molecule has 3 fully saturated rings. The van der Waals surface area contributed by atoms with E-state index in [0.717, 1.165) is 55.1 Å². The van der Waals surface area contributed by atoms with Gasteiger partial charge in [0, 0.05) is 69.3 Å². The fourth-order valence-corrected chi connectivity index (χ4v) is 5.62. The molecule has 0 spiro atoms. The quantitative estimate of drug-likeness (QED) is 0.655. The summed E-state index contributed by atoms with van der Waals surface area (Å²) in [5, 5.41) is 9.06. The van der Waals surface area contributed by atoms with Gasteiger partial charge in [0.1, 0.15) is 5.82 Å². The van der Waals surface area contributed by atoms with E-state index in [0.29, 0.717) is 45.3 Å². The number of likely N-dealkylation sites (tertiary alicyclic amines) is 2. The fraction of sp³-hybridized carbons (Fsp3) is 0.583. The number of hydrogen-bond donors (Lipinski definition) is 1. The number of hydrogen-bond acceptors (Lipinski definition) is 10. The van der Waals surface area contributed by atoms with Crippen LogP contribution in [-0.4, -0.2) is 100 Å². The molecule has 4 aliphatic rings. The van der Waals surface area contributed by atoms with Crippen molar-refractivity contribution < 1.29 is 9.53 Å². The minimum absolute atomic E-state index is 0.0288. The summed E-state index contributed by atoms with van der Waals surface area (Å²) in [7, 11) is 0. The highest BCUT2D eigenvalue weighted by molar-refractivity contribution is 5.77. The van der Waals surface area contributed by atoms with Crippen molar-refractivity contribution in [3.05, 3.63) is 18.0 Å². The second kappa shape index (κ2) is 8.74. The zero-order chi connectivity index (χ0) is 24.9. The number of fused-ring (bicyclic) bond motifs is 1. The van der Waals surface area contributed by atoms with Gasteiger partial charge in [-0.3, -0.25) is 0 Å². The highest BCUT2D eigenvalue weighted by atomic mass is 16.5. The Bertz CT molecular complexity index is 1200. The molecule has 2 aromatic rings. The van der Waals surface area contributed by atoms with Crippen LogP contribution in [0.4, 0.5) is 22.5 Å². The van der Waals surface area contributed by atoms with Crippen molar-refractivity contribution in [2.75, 3.05) is 74.6 Å². The summed E-state index contributed by atoms with van der Waals surface area (Å²) in [6.07, 6.45) is 5.09. The number of rotatable bonds is 3. The van der Waals surface area contributed by atoms with Crippen LogP contribution in [-0.2, 0) is 11.2 Å². The molecule has 4 aliphatic heterocycles. The first-order chi connectivity index (χ1) is 17.4. The van der Waals surface area contributed by atoms with E-state index in [4.69, 9.17) is 25.7 Å². The first kappa shape index (κ1) is 22.7. The average molecular weight is 491 g/mol. The Hall–Kier alpha value is -3.72. The van der Waals surface area contributed by atoms with Gasteiger partial charge < -0.3 is 30.1 Å². The monoisotopic (exact) mass is 490 g/mol. The summed E-state index contributed by atoms with van der Waals surface area (Å²) in [5.74, 6) is 1.78. The largest absolute Gasteiger partial charge is 0.378 e. The zero-order valence-electron chi connectivity index (χ0n) is 20.4. The first-order valence-electron chi connectivity index (χ1n) is 12.5. The number of carbonyl (C=O) groups excluding carboxylic acids is 1. The molecule has 2 N–H and O–H groups in total. The number of amides is 2. The van der Waals surface area contributed by atoms with Crippen molar-refractivity contribution in [1.29, 1.82) is 5.26 Å². The molecule has 1 atom stereocenters. The number of urea groups is 1. The van der Waals surface area contributed by atoms with Crippen molar-refractivity contribution in [1.82, 2.24) is 29.7 Å². The third-order valence-corrected chi connectivity index (χ3v) is 7.76. The lowest BCUT2D eigenvalue weighted by Crippen LogP contribution is -2.55. The topological polar surface area (TPSA) is 141 Å². The molecule has 2 aromatic heterocycles. The molecule has 0 radical (unpaired) electrons. The van der Waals surface area contributed by atoms with Crippen LogP contribution in [0.25, 0.3) is 11.3 Å². The summed E-state index contributed by atoms with van der Waals surface area (Å²) in [6.45, 7) is 8.13. The fourth-order valence-electron chi connectivity index (χ4n) is 5.62. The Morgan fingerprint density at radius 1 is 1.14 bits per heavy atom. The molecule has 3 saturated heterocycles. The summed E-state index contributed by atoms with van der Waals surface area (Å²) in [6, 6.07) is 2.27. The SMILES string of the molecule is C[C@@]1(N2CCc3c(-c4cnc(N)nc4)nc(N4CCOCC4)nc32)CCN(C(=O)N2CC(C#N)C2)C1. The van der Waals surface area contributed by atoms with Crippen LogP contribution in [0.1, 0.15) is 18.9 Å². The predicted molar refractivity (Wildman–Crippen MR) is 132 cm³/mol. The van der Waals surface area contributed by atoms with Crippen LogP contribution in [0.5, 0.6) is 0 Å². The summed E-state index contributed by atoms with van der Waals surface area (Å²) < 4.78 is 5.54. The molecule has 0 bridgehead atoms. The second-order valence-corrected chi connectivity index (χ2v) is 10.2. The van der Waals surface area contributed by atoms with Crippen molar-refractivity contribution in [2.24, 2.45) is 5.92 Å². The number of morpholine rings is 1. The lowest BCUT2D eigenvalue weighted by Gasteiger charge is -2.40. The number of ether oxygens (including phenoxy) is 1. The number of nitrogen functional groups attached to an aromatic ring is 1. The molecular formula is C24H30N10O2. The second-order valence-electron chi connectivity index (χ2n) is 10.2. The molecule has 2 amide bonds. The van der Waals surface area contributed by atoms with Crippen LogP contribution in [0.2, 0.25) is 0 Å². The normalized spacial score (nSPS) is 24.0. The van der Waals surface area contributed by atoms with Crippen LogP contribution in [0, 0.1) is 17.2 Å². The Morgan fingerprint density at radius 3 is 2.61 bits per heavy atom.